The van der Waals surface area contributed by atoms with Crippen LogP contribution in [0.3, 0.4) is 0 Å². The van der Waals surface area contributed by atoms with Crippen molar-refractivity contribution in [2.24, 2.45) is 0 Å². The second kappa shape index (κ2) is 8.74. The number of amides is 1. The maximum Gasteiger partial charge on any atom is 0.226 e. The van der Waals surface area contributed by atoms with E-state index in [1.54, 1.807) is 11.3 Å². The van der Waals surface area contributed by atoms with Crippen LogP contribution in [-0.2, 0) is 24.2 Å². The number of aryl methyl sites for hydroxylation is 1. The average Bonchev–Trinajstić information content (AvgIpc) is 3.31. The lowest BCUT2D eigenvalue weighted by Gasteiger charge is -2.35. The summed E-state index contributed by atoms with van der Waals surface area (Å²) < 4.78 is 0. The van der Waals surface area contributed by atoms with Crippen LogP contribution in [-0.4, -0.2) is 28.9 Å². The molecule has 3 heterocycles. The van der Waals surface area contributed by atoms with Gasteiger partial charge in [-0.15, -0.1) is 22.7 Å². The summed E-state index contributed by atoms with van der Waals surface area (Å²) in [5.41, 5.74) is 3.41. The highest BCUT2D eigenvalue weighted by Gasteiger charge is 2.26. The van der Waals surface area contributed by atoms with Crippen molar-refractivity contribution >= 4 is 40.2 Å². The van der Waals surface area contributed by atoms with Gasteiger partial charge in [-0.25, -0.2) is 4.98 Å². The molecule has 146 valence electrons. The number of halogens is 1. The van der Waals surface area contributed by atoms with Gasteiger partial charge in [0.2, 0.25) is 5.91 Å². The zero-order valence-electron chi connectivity index (χ0n) is 15.7. The summed E-state index contributed by atoms with van der Waals surface area (Å²) in [5.74, 6) is 0.0116. The molecule has 0 aliphatic carbocycles. The molecule has 0 fully saturated rings. The number of thiazole rings is 1. The van der Waals surface area contributed by atoms with Crippen LogP contribution in [0.4, 0.5) is 0 Å². The molecule has 4 rings (SSSR count). The molecule has 1 aliphatic heterocycles. The predicted octanol–water partition coefficient (Wildman–Crippen LogP) is 4.62. The minimum Gasteiger partial charge on any atom is -0.354 e. The van der Waals surface area contributed by atoms with Crippen molar-refractivity contribution in [2.75, 3.05) is 13.1 Å². The Morgan fingerprint density at radius 2 is 2.11 bits per heavy atom. The van der Waals surface area contributed by atoms with Crippen LogP contribution in [0.25, 0.3) is 0 Å². The molecule has 1 aliphatic rings. The van der Waals surface area contributed by atoms with Gasteiger partial charge in [0.05, 0.1) is 23.2 Å². The zero-order chi connectivity index (χ0) is 19.5. The van der Waals surface area contributed by atoms with Crippen molar-refractivity contribution in [1.82, 2.24) is 15.2 Å². The summed E-state index contributed by atoms with van der Waals surface area (Å²) in [5, 5.41) is 8.96. The van der Waals surface area contributed by atoms with Gasteiger partial charge in [-0.05, 0) is 48.1 Å². The molecule has 0 radical (unpaired) electrons. The summed E-state index contributed by atoms with van der Waals surface area (Å²) in [6, 6.07) is 10.3. The first-order valence-electron chi connectivity index (χ1n) is 9.31. The standard InChI is InChI=1S/C21H22ClN3OS2/c1-14-24-18(13-28-14)10-21(26)23-11-19(15-2-4-17(22)5-3-15)25-8-6-20-16(12-25)7-9-27-20/h2-5,7,9,13,19H,6,8,10-12H2,1H3,(H,23,26). The molecule has 0 bridgehead atoms. The number of fused-ring (bicyclic) bond motifs is 1. The van der Waals surface area contributed by atoms with Crippen molar-refractivity contribution in [2.45, 2.75) is 32.4 Å². The second-order valence-corrected chi connectivity index (χ2v) is 9.49. The fourth-order valence-corrected chi connectivity index (χ4v) is 5.23. The third kappa shape index (κ3) is 4.63. The summed E-state index contributed by atoms with van der Waals surface area (Å²) in [6.45, 7) is 4.43. The lowest BCUT2D eigenvalue weighted by Crippen LogP contribution is -2.40. The molecule has 7 heteroatoms. The zero-order valence-corrected chi connectivity index (χ0v) is 18.0. The molecular formula is C21H22ClN3OS2. The van der Waals surface area contributed by atoms with E-state index in [9.17, 15) is 4.79 Å². The Morgan fingerprint density at radius 3 is 2.86 bits per heavy atom. The number of rotatable bonds is 6. The van der Waals surface area contributed by atoms with Gasteiger partial charge in [0, 0.05) is 34.9 Å². The molecule has 4 nitrogen and oxygen atoms in total. The molecule has 3 aromatic rings. The Morgan fingerprint density at radius 1 is 1.29 bits per heavy atom. The first-order chi connectivity index (χ1) is 13.6. The van der Waals surface area contributed by atoms with Crippen molar-refractivity contribution in [3.05, 3.63) is 72.8 Å². The number of nitrogens with zero attached hydrogens (tertiary/aromatic N) is 2. The number of hydrogen-bond donors (Lipinski definition) is 1. The Bertz CT molecular complexity index is 951. The number of carbonyl (C=O) groups is 1. The first kappa shape index (κ1) is 19.6. The maximum atomic E-state index is 12.5. The largest absolute Gasteiger partial charge is 0.354 e. The number of hydrogen-bond acceptors (Lipinski definition) is 5. The van der Waals surface area contributed by atoms with Crippen molar-refractivity contribution in [1.29, 1.82) is 0 Å². The van der Waals surface area contributed by atoms with E-state index in [1.807, 2.05) is 35.8 Å². The molecule has 0 saturated heterocycles. The summed E-state index contributed by atoms with van der Waals surface area (Å²) in [6.07, 6.45) is 1.38. The van der Waals surface area contributed by atoms with Crippen LogP contribution in [0, 0.1) is 6.92 Å². The fourth-order valence-electron chi connectivity index (χ4n) is 3.61. The highest BCUT2D eigenvalue weighted by molar-refractivity contribution is 7.10. The molecule has 28 heavy (non-hydrogen) atoms. The van der Waals surface area contributed by atoms with Gasteiger partial charge < -0.3 is 5.32 Å². The normalized spacial score (nSPS) is 15.2. The highest BCUT2D eigenvalue weighted by Crippen LogP contribution is 2.30. The number of thiophene rings is 1. The molecule has 1 atom stereocenters. The monoisotopic (exact) mass is 431 g/mol. The first-order valence-corrected chi connectivity index (χ1v) is 11.4. The van der Waals surface area contributed by atoms with E-state index in [-0.39, 0.29) is 11.9 Å². The van der Waals surface area contributed by atoms with Gasteiger partial charge in [-0.3, -0.25) is 9.69 Å². The van der Waals surface area contributed by atoms with E-state index >= 15 is 0 Å². The Hall–Kier alpha value is -1.73. The molecule has 1 aromatic carbocycles. The van der Waals surface area contributed by atoms with Crippen LogP contribution in [0.15, 0.2) is 41.1 Å². The number of benzene rings is 1. The van der Waals surface area contributed by atoms with Gasteiger partial charge in [0.15, 0.2) is 0 Å². The van der Waals surface area contributed by atoms with Crippen molar-refractivity contribution in [3.8, 4) is 0 Å². The SMILES string of the molecule is Cc1nc(CC(=O)NCC(c2ccc(Cl)cc2)N2CCc3sccc3C2)cs1. The molecule has 1 amide bonds. The fraction of sp³-hybridized carbons (Fsp3) is 0.333. The van der Waals surface area contributed by atoms with E-state index < -0.39 is 0 Å². The molecule has 0 saturated carbocycles. The van der Waals surface area contributed by atoms with Gasteiger partial charge in [-0.2, -0.15) is 0 Å². The van der Waals surface area contributed by atoms with Crippen LogP contribution < -0.4 is 5.32 Å². The van der Waals surface area contributed by atoms with Gasteiger partial charge in [-0.1, -0.05) is 23.7 Å². The molecule has 0 spiro atoms. The third-order valence-electron chi connectivity index (χ3n) is 5.03. The minimum absolute atomic E-state index is 0.0116. The second-order valence-electron chi connectivity index (χ2n) is 7.00. The van der Waals surface area contributed by atoms with Crippen molar-refractivity contribution in [3.63, 3.8) is 0 Å². The summed E-state index contributed by atoms with van der Waals surface area (Å²) in [7, 11) is 0. The third-order valence-corrected chi connectivity index (χ3v) is 7.13. The van der Waals surface area contributed by atoms with Gasteiger partial charge in [0.25, 0.3) is 0 Å². The van der Waals surface area contributed by atoms with Crippen molar-refractivity contribution < 1.29 is 4.79 Å². The minimum atomic E-state index is 0.0116. The highest BCUT2D eigenvalue weighted by atomic mass is 35.5. The van der Waals surface area contributed by atoms with E-state index in [1.165, 1.54) is 16.0 Å². The Balaban J connectivity index is 1.47. The summed E-state index contributed by atoms with van der Waals surface area (Å²) >= 11 is 9.50. The average molecular weight is 432 g/mol. The number of aromatic nitrogens is 1. The van der Waals surface area contributed by atoms with Crippen LogP contribution in [0.1, 0.15) is 32.7 Å². The quantitative estimate of drug-likeness (QED) is 0.619. The number of nitrogens with one attached hydrogen (secondary N) is 1. The predicted molar refractivity (Wildman–Crippen MR) is 116 cm³/mol. The van der Waals surface area contributed by atoms with Gasteiger partial charge >= 0.3 is 0 Å². The van der Waals surface area contributed by atoms with Crippen LogP contribution in [0.5, 0.6) is 0 Å². The smallest absolute Gasteiger partial charge is 0.226 e. The van der Waals surface area contributed by atoms with E-state index in [2.05, 4.69) is 38.8 Å². The van der Waals surface area contributed by atoms with E-state index in [0.717, 1.165) is 35.2 Å². The molecule has 1 unspecified atom stereocenters. The van der Waals surface area contributed by atoms with E-state index in [4.69, 9.17) is 11.6 Å². The molecule has 2 aromatic heterocycles. The van der Waals surface area contributed by atoms with Crippen LogP contribution in [0.2, 0.25) is 5.02 Å². The lowest BCUT2D eigenvalue weighted by atomic mass is 10.0. The van der Waals surface area contributed by atoms with Crippen LogP contribution >= 0.6 is 34.3 Å². The molecule has 1 N–H and O–H groups in total. The Labute approximate surface area is 178 Å². The Kier molecular flexibility index (Phi) is 6.11. The number of carbonyl (C=O) groups excluding carboxylic acids is 1. The lowest BCUT2D eigenvalue weighted by molar-refractivity contribution is -0.120. The molecular weight excluding hydrogens is 410 g/mol. The van der Waals surface area contributed by atoms with E-state index in [0.29, 0.717) is 13.0 Å². The topological polar surface area (TPSA) is 45.2 Å². The van der Waals surface area contributed by atoms with Gasteiger partial charge in [0.1, 0.15) is 0 Å². The maximum absolute atomic E-state index is 12.5. The summed E-state index contributed by atoms with van der Waals surface area (Å²) in [4.78, 5) is 20.8.